The first-order valence-corrected chi connectivity index (χ1v) is 6.71. The molecule has 0 unspecified atom stereocenters. The van der Waals surface area contributed by atoms with Crippen LogP contribution in [0.3, 0.4) is 0 Å². The third-order valence-corrected chi connectivity index (χ3v) is 3.49. The largest absolute Gasteiger partial charge is 0.493 e. The number of hydrogen-bond acceptors (Lipinski definition) is 4. The minimum absolute atomic E-state index is 0.555. The number of nitrogens with one attached hydrogen (secondary N) is 1. The summed E-state index contributed by atoms with van der Waals surface area (Å²) in [5.41, 5.74) is 1.16. The maximum atomic E-state index is 5.63. The van der Waals surface area contributed by atoms with Crippen molar-refractivity contribution in [3.8, 4) is 17.2 Å². The van der Waals surface area contributed by atoms with E-state index in [4.69, 9.17) is 14.2 Å². The third kappa shape index (κ3) is 2.68. The summed E-state index contributed by atoms with van der Waals surface area (Å²) < 4.78 is 16.6. The van der Waals surface area contributed by atoms with Gasteiger partial charge in [-0.3, -0.25) is 0 Å². The summed E-state index contributed by atoms with van der Waals surface area (Å²) in [6.45, 7) is 1.99. The summed E-state index contributed by atoms with van der Waals surface area (Å²) in [6.07, 6.45) is 6.67. The molecule has 0 fully saturated rings. The molecule has 2 aliphatic rings. The molecule has 1 aromatic carbocycles. The van der Waals surface area contributed by atoms with Gasteiger partial charge in [0.1, 0.15) is 13.2 Å². The lowest BCUT2D eigenvalue weighted by Gasteiger charge is -2.22. The lowest BCUT2D eigenvalue weighted by atomic mass is 10.1. The van der Waals surface area contributed by atoms with Crippen LogP contribution in [0.1, 0.15) is 18.4 Å². The van der Waals surface area contributed by atoms with Gasteiger partial charge in [-0.2, -0.15) is 0 Å². The van der Waals surface area contributed by atoms with Gasteiger partial charge in [0.2, 0.25) is 5.75 Å². The van der Waals surface area contributed by atoms with Crippen LogP contribution in [0, 0.1) is 0 Å². The first-order chi connectivity index (χ1) is 9.36. The van der Waals surface area contributed by atoms with Crippen LogP contribution in [0.5, 0.6) is 17.2 Å². The molecule has 0 saturated heterocycles. The maximum absolute atomic E-state index is 5.63. The fourth-order valence-corrected chi connectivity index (χ4v) is 2.48. The average Bonchev–Trinajstić information content (AvgIpc) is 2.97. The molecular weight excluding hydrogens is 242 g/mol. The second-order valence-electron chi connectivity index (χ2n) is 4.84. The Morgan fingerprint density at radius 1 is 1.21 bits per heavy atom. The van der Waals surface area contributed by atoms with Crippen LogP contribution < -0.4 is 19.5 Å². The number of ether oxygens (including phenoxy) is 3. The number of rotatable bonds is 4. The van der Waals surface area contributed by atoms with Crippen LogP contribution in [-0.4, -0.2) is 26.4 Å². The summed E-state index contributed by atoms with van der Waals surface area (Å²) in [4.78, 5) is 0. The first kappa shape index (κ1) is 12.4. The van der Waals surface area contributed by atoms with E-state index in [0.29, 0.717) is 19.3 Å². The highest BCUT2D eigenvalue weighted by Crippen LogP contribution is 2.40. The molecule has 0 spiro atoms. The van der Waals surface area contributed by atoms with Crippen molar-refractivity contribution in [1.82, 2.24) is 5.32 Å². The number of benzene rings is 1. The molecule has 102 valence electrons. The molecule has 4 heteroatoms. The van der Waals surface area contributed by atoms with Crippen LogP contribution >= 0.6 is 0 Å². The summed E-state index contributed by atoms with van der Waals surface area (Å²) in [7, 11) is 1.66. The Kier molecular flexibility index (Phi) is 3.60. The normalized spacial score (nSPS) is 17.7. The van der Waals surface area contributed by atoms with Crippen LogP contribution in [0.4, 0.5) is 0 Å². The molecule has 1 N–H and O–H groups in total. The Bertz CT molecular complexity index is 459. The summed E-state index contributed by atoms with van der Waals surface area (Å²) in [5.74, 6) is 2.26. The molecule has 0 radical (unpaired) electrons. The quantitative estimate of drug-likeness (QED) is 0.844. The average molecular weight is 261 g/mol. The third-order valence-electron chi connectivity index (χ3n) is 3.49. The molecule has 0 saturated carbocycles. The van der Waals surface area contributed by atoms with Crippen molar-refractivity contribution < 1.29 is 14.2 Å². The second kappa shape index (κ2) is 5.53. The smallest absolute Gasteiger partial charge is 0.203 e. The zero-order chi connectivity index (χ0) is 13.1. The molecular formula is C15H19NO3. The summed E-state index contributed by atoms with van der Waals surface area (Å²) >= 11 is 0. The van der Waals surface area contributed by atoms with Crippen molar-refractivity contribution in [1.29, 1.82) is 0 Å². The molecule has 4 nitrogen and oxygen atoms in total. The molecule has 0 amide bonds. The van der Waals surface area contributed by atoms with Crippen molar-refractivity contribution in [3.05, 3.63) is 29.8 Å². The lowest BCUT2D eigenvalue weighted by Crippen LogP contribution is -2.25. The van der Waals surface area contributed by atoms with E-state index in [9.17, 15) is 0 Å². The van der Waals surface area contributed by atoms with Crippen molar-refractivity contribution in [2.45, 2.75) is 25.4 Å². The van der Waals surface area contributed by atoms with Crippen molar-refractivity contribution >= 4 is 0 Å². The molecule has 0 bridgehead atoms. The van der Waals surface area contributed by atoms with Crippen molar-refractivity contribution in [3.63, 3.8) is 0 Å². The van der Waals surface area contributed by atoms with Crippen LogP contribution in [-0.2, 0) is 6.54 Å². The van der Waals surface area contributed by atoms with E-state index in [1.807, 2.05) is 12.1 Å². The van der Waals surface area contributed by atoms with Gasteiger partial charge in [-0.1, -0.05) is 12.2 Å². The second-order valence-corrected chi connectivity index (χ2v) is 4.84. The summed E-state index contributed by atoms with van der Waals surface area (Å²) in [6, 6.07) is 4.61. The molecule has 0 atom stereocenters. The first-order valence-electron chi connectivity index (χ1n) is 6.71. The minimum atomic E-state index is 0.555. The number of methoxy groups -OCH3 is 1. The van der Waals surface area contributed by atoms with Crippen LogP contribution in [0.2, 0.25) is 0 Å². The fraction of sp³-hybridized carbons (Fsp3) is 0.467. The van der Waals surface area contributed by atoms with Gasteiger partial charge in [0.25, 0.3) is 0 Å². The van der Waals surface area contributed by atoms with E-state index in [2.05, 4.69) is 17.5 Å². The van der Waals surface area contributed by atoms with Gasteiger partial charge in [0.05, 0.1) is 7.11 Å². The van der Waals surface area contributed by atoms with Crippen molar-refractivity contribution in [2.24, 2.45) is 0 Å². The van der Waals surface area contributed by atoms with E-state index in [-0.39, 0.29) is 0 Å². The Morgan fingerprint density at radius 2 is 2.00 bits per heavy atom. The number of fused-ring (bicyclic) bond motifs is 1. The van der Waals surface area contributed by atoms with Gasteiger partial charge in [0.15, 0.2) is 11.5 Å². The molecule has 0 aromatic heterocycles. The van der Waals surface area contributed by atoms with E-state index >= 15 is 0 Å². The standard InChI is InChI=1S/C15H19NO3/c1-17-13-8-11(10-16-12-4-2-3-5-12)9-14-15(13)19-7-6-18-14/h2-3,8-9,12,16H,4-7,10H2,1H3. The Balaban J connectivity index is 1.73. The minimum Gasteiger partial charge on any atom is -0.493 e. The van der Waals surface area contributed by atoms with Gasteiger partial charge in [-0.25, -0.2) is 0 Å². The van der Waals surface area contributed by atoms with Crippen molar-refractivity contribution in [2.75, 3.05) is 20.3 Å². The fourth-order valence-electron chi connectivity index (χ4n) is 2.48. The van der Waals surface area contributed by atoms with E-state index < -0.39 is 0 Å². The summed E-state index contributed by atoms with van der Waals surface area (Å²) in [5, 5.41) is 3.54. The van der Waals surface area contributed by atoms with E-state index in [1.54, 1.807) is 7.11 Å². The Hall–Kier alpha value is -1.68. The predicted octanol–water partition coefficient (Wildman–Crippen LogP) is 2.27. The van der Waals surface area contributed by atoms with E-state index in [1.165, 1.54) is 0 Å². The zero-order valence-corrected chi connectivity index (χ0v) is 11.1. The predicted molar refractivity (Wildman–Crippen MR) is 73.0 cm³/mol. The van der Waals surface area contributed by atoms with Gasteiger partial charge < -0.3 is 19.5 Å². The zero-order valence-electron chi connectivity index (χ0n) is 11.1. The highest BCUT2D eigenvalue weighted by Gasteiger charge is 2.18. The van der Waals surface area contributed by atoms with Gasteiger partial charge in [0, 0.05) is 12.6 Å². The van der Waals surface area contributed by atoms with Gasteiger partial charge in [-0.05, 0) is 30.5 Å². The molecule has 19 heavy (non-hydrogen) atoms. The molecule has 3 rings (SSSR count). The van der Waals surface area contributed by atoms with E-state index in [0.717, 1.165) is 42.2 Å². The van der Waals surface area contributed by atoms with Crippen LogP contribution in [0.25, 0.3) is 0 Å². The highest BCUT2D eigenvalue weighted by atomic mass is 16.6. The Labute approximate surface area is 113 Å². The maximum Gasteiger partial charge on any atom is 0.203 e. The van der Waals surface area contributed by atoms with Crippen LogP contribution in [0.15, 0.2) is 24.3 Å². The van der Waals surface area contributed by atoms with Gasteiger partial charge >= 0.3 is 0 Å². The molecule has 1 aliphatic heterocycles. The SMILES string of the molecule is COc1cc(CNC2CC=CC2)cc2c1OCCO2. The highest BCUT2D eigenvalue weighted by molar-refractivity contribution is 5.54. The Morgan fingerprint density at radius 3 is 2.79 bits per heavy atom. The topological polar surface area (TPSA) is 39.7 Å². The molecule has 1 heterocycles. The lowest BCUT2D eigenvalue weighted by molar-refractivity contribution is 0.165. The monoisotopic (exact) mass is 261 g/mol. The molecule has 1 aromatic rings. The number of hydrogen-bond donors (Lipinski definition) is 1. The van der Waals surface area contributed by atoms with Gasteiger partial charge in [-0.15, -0.1) is 0 Å². The molecule has 1 aliphatic carbocycles.